The number of benzene rings is 1. The number of methoxy groups -OCH3 is 1. The van der Waals surface area contributed by atoms with Crippen LogP contribution in [0.15, 0.2) is 24.3 Å². The molecule has 0 radical (unpaired) electrons. The van der Waals surface area contributed by atoms with E-state index in [1.165, 1.54) is 0 Å². The van der Waals surface area contributed by atoms with E-state index in [1.807, 2.05) is 24.3 Å². The molecule has 1 fully saturated rings. The third-order valence-corrected chi connectivity index (χ3v) is 4.78. The van der Waals surface area contributed by atoms with Crippen molar-refractivity contribution in [1.82, 2.24) is 5.32 Å². The van der Waals surface area contributed by atoms with Crippen LogP contribution in [0.1, 0.15) is 56.9 Å². The molecule has 1 unspecified atom stereocenters. The molecule has 1 aliphatic carbocycles. The highest BCUT2D eigenvalue weighted by Gasteiger charge is 2.34. The Hall–Kier alpha value is -1.55. The lowest BCUT2D eigenvalue weighted by Crippen LogP contribution is -2.49. The normalized spacial score (nSPS) is 18.0. The molecule has 1 atom stereocenters. The van der Waals surface area contributed by atoms with E-state index in [1.54, 1.807) is 7.11 Å². The third-order valence-electron chi connectivity index (χ3n) is 4.78. The summed E-state index contributed by atoms with van der Waals surface area (Å²) in [6.45, 7) is 2.14. The number of carbonyl (C=O) groups excluding carboxylic acids is 1. The maximum Gasteiger partial charge on any atom is 0.221 e. The van der Waals surface area contributed by atoms with Crippen LogP contribution in [0, 0.1) is 0 Å². The summed E-state index contributed by atoms with van der Waals surface area (Å²) in [5, 5.41) is 12.7. The molecule has 1 saturated carbocycles. The third kappa shape index (κ3) is 4.01. The van der Waals surface area contributed by atoms with Gasteiger partial charge in [0.1, 0.15) is 5.75 Å². The standard InChI is InChI=1S/C18H27NO3/c1-3-14(15-6-8-16(22-2)9-7-15)12-17(21)19-18(13-20)10-4-5-11-18/h6-9,14,20H,3-5,10-13H2,1-2H3,(H,19,21). The maximum absolute atomic E-state index is 12.4. The fraction of sp³-hybridized carbons (Fsp3) is 0.611. The number of rotatable bonds is 7. The Morgan fingerprint density at radius 2 is 1.95 bits per heavy atom. The Morgan fingerprint density at radius 1 is 1.32 bits per heavy atom. The highest BCUT2D eigenvalue weighted by atomic mass is 16.5. The van der Waals surface area contributed by atoms with Crippen LogP contribution in [-0.4, -0.2) is 30.3 Å². The second-order valence-electron chi connectivity index (χ2n) is 6.28. The van der Waals surface area contributed by atoms with Gasteiger partial charge in [0.05, 0.1) is 19.3 Å². The maximum atomic E-state index is 12.4. The predicted molar refractivity (Wildman–Crippen MR) is 87.1 cm³/mol. The van der Waals surface area contributed by atoms with E-state index in [-0.39, 0.29) is 24.0 Å². The van der Waals surface area contributed by atoms with Gasteiger partial charge in [0.15, 0.2) is 0 Å². The summed E-state index contributed by atoms with van der Waals surface area (Å²) in [6, 6.07) is 7.92. The SMILES string of the molecule is CCC(CC(=O)NC1(CO)CCCC1)c1ccc(OC)cc1. The average molecular weight is 305 g/mol. The van der Waals surface area contributed by atoms with Crippen LogP contribution in [-0.2, 0) is 4.79 Å². The Kier molecular flexibility index (Phi) is 5.83. The molecular formula is C18H27NO3. The number of carbonyl (C=O) groups is 1. The Morgan fingerprint density at radius 3 is 2.45 bits per heavy atom. The van der Waals surface area contributed by atoms with Crippen molar-refractivity contribution in [3.8, 4) is 5.75 Å². The summed E-state index contributed by atoms with van der Waals surface area (Å²) < 4.78 is 5.17. The molecule has 0 saturated heterocycles. The van der Waals surface area contributed by atoms with E-state index in [4.69, 9.17) is 4.74 Å². The molecule has 122 valence electrons. The Bertz CT molecular complexity index is 478. The van der Waals surface area contributed by atoms with Crippen LogP contribution < -0.4 is 10.1 Å². The summed E-state index contributed by atoms with van der Waals surface area (Å²) in [6.07, 6.45) is 5.30. The number of hydrogen-bond donors (Lipinski definition) is 2. The summed E-state index contributed by atoms with van der Waals surface area (Å²) in [5.74, 6) is 1.06. The van der Waals surface area contributed by atoms with Crippen LogP contribution in [0.2, 0.25) is 0 Å². The van der Waals surface area contributed by atoms with Crippen LogP contribution in [0.3, 0.4) is 0 Å². The monoisotopic (exact) mass is 305 g/mol. The summed E-state index contributed by atoms with van der Waals surface area (Å²) in [5.41, 5.74) is 0.776. The molecule has 0 aliphatic heterocycles. The molecule has 1 aliphatic rings. The van der Waals surface area contributed by atoms with Gasteiger partial charge in [-0.3, -0.25) is 4.79 Å². The molecule has 22 heavy (non-hydrogen) atoms. The summed E-state index contributed by atoms with van der Waals surface area (Å²) >= 11 is 0. The largest absolute Gasteiger partial charge is 0.497 e. The van der Waals surface area contributed by atoms with Crippen LogP contribution in [0.5, 0.6) is 5.75 Å². The Balaban J connectivity index is 1.98. The van der Waals surface area contributed by atoms with Gasteiger partial charge in [-0.15, -0.1) is 0 Å². The second kappa shape index (κ2) is 7.63. The van der Waals surface area contributed by atoms with Gasteiger partial charge in [0.25, 0.3) is 0 Å². The number of amides is 1. The van der Waals surface area contributed by atoms with Crippen molar-refractivity contribution in [2.75, 3.05) is 13.7 Å². The zero-order valence-electron chi connectivity index (χ0n) is 13.6. The molecular weight excluding hydrogens is 278 g/mol. The minimum atomic E-state index is -0.380. The van der Waals surface area contributed by atoms with Gasteiger partial charge in [-0.1, -0.05) is 31.9 Å². The highest BCUT2D eigenvalue weighted by molar-refractivity contribution is 5.77. The van der Waals surface area contributed by atoms with Gasteiger partial charge in [0, 0.05) is 6.42 Å². The molecule has 4 heteroatoms. The van der Waals surface area contributed by atoms with Crippen molar-refractivity contribution >= 4 is 5.91 Å². The fourth-order valence-electron chi connectivity index (χ4n) is 3.32. The zero-order valence-corrected chi connectivity index (χ0v) is 13.6. The molecule has 2 N–H and O–H groups in total. The number of hydrogen-bond acceptors (Lipinski definition) is 3. The summed E-state index contributed by atoms with van der Waals surface area (Å²) in [4.78, 5) is 12.4. The van der Waals surface area contributed by atoms with E-state index < -0.39 is 0 Å². The van der Waals surface area contributed by atoms with Gasteiger partial charge in [-0.25, -0.2) is 0 Å². The minimum absolute atomic E-state index is 0.0397. The van der Waals surface area contributed by atoms with E-state index in [0.717, 1.165) is 43.4 Å². The highest BCUT2D eigenvalue weighted by Crippen LogP contribution is 2.30. The summed E-state index contributed by atoms with van der Waals surface area (Å²) in [7, 11) is 1.65. The molecule has 0 spiro atoms. The van der Waals surface area contributed by atoms with Gasteiger partial charge < -0.3 is 15.2 Å². The van der Waals surface area contributed by atoms with Crippen molar-refractivity contribution in [1.29, 1.82) is 0 Å². The van der Waals surface area contributed by atoms with Crippen molar-refractivity contribution in [2.45, 2.75) is 56.9 Å². The molecule has 1 aromatic rings. The Labute approximate surface area is 132 Å². The van der Waals surface area contributed by atoms with E-state index in [9.17, 15) is 9.90 Å². The van der Waals surface area contributed by atoms with Crippen molar-refractivity contribution in [3.05, 3.63) is 29.8 Å². The first-order valence-corrected chi connectivity index (χ1v) is 8.18. The van der Waals surface area contributed by atoms with Gasteiger partial charge in [0.2, 0.25) is 5.91 Å². The van der Waals surface area contributed by atoms with Gasteiger partial charge in [-0.2, -0.15) is 0 Å². The predicted octanol–water partition coefficient (Wildman–Crippen LogP) is 3.00. The lowest BCUT2D eigenvalue weighted by atomic mass is 9.91. The van der Waals surface area contributed by atoms with Crippen LogP contribution in [0.25, 0.3) is 0 Å². The molecule has 1 amide bonds. The number of aliphatic hydroxyl groups is 1. The van der Waals surface area contributed by atoms with Gasteiger partial charge in [-0.05, 0) is 42.9 Å². The molecule has 0 aromatic heterocycles. The minimum Gasteiger partial charge on any atom is -0.497 e. The van der Waals surface area contributed by atoms with E-state index in [2.05, 4.69) is 12.2 Å². The molecule has 1 aromatic carbocycles. The number of aliphatic hydroxyl groups excluding tert-OH is 1. The van der Waals surface area contributed by atoms with E-state index in [0.29, 0.717) is 6.42 Å². The van der Waals surface area contributed by atoms with Crippen molar-refractivity contribution < 1.29 is 14.6 Å². The van der Waals surface area contributed by atoms with E-state index >= 15 is 0 Å². The topological polar surface area (TPSA) is 58.6 Å². The quantitative estimate of drug-likeness (QED) is 0.814. The fourth-order valence-corrected chi connectivity index (χ4v) is 3.32. The molecule has 2 rings (SSSR count). The smallest absolute Gasteiger partial charge is 0.221 e. The van der Waals surface area contributed by atoms with Crippen LogP contribution in [0.4, 0.5) is 0 Å². The van der Waals surface area contributed by atoms with Crippen molar-refractivity contribution in [2.24, 2.45) is 0 Å². The number of nitrogens with one attached hydrogen (secondary N) is 1. The molecule has 4 nitrogen and oxygen atoms in total. The first-order valence-electron chi connectivity index (χ1n) is 8.18. The lowest BCUT2D eigenvalue weighted by molar-refractivity contribution is -0.124. The van der Waals surface area contributed by atoms with Crippen LogP contribution >= 0.6 is 0 Å². The number of ether oxygens (including phenoxy) is 1. The molecule has 0 bridgehead atoms. The zero-order chi connectivity index (χ0) is 16.0. The lowest BCUT2D eigenvalue weighted by Gasteiger charge is -2.29. The molecule has 0 heterocycles. The van der Waals surface area contributed by atoms with Gasteiger partial charge >= 0.3 is 0 Å². The van der Waals surface area contributed by atoms with Crippen molar-refractivity contribution in [3.63, 3.8) is 0 Å². The average Bonchev–Trinajstić information content (AvgIpc) is 3.01. The second-order valence-corrected chi connectivity index (χ2v) is 6.28. The first kappa shape index (κ1) is 16.8. The first-order chi connectivity index (χ1) is 10.6.